The summed E-state index contributed by atoms with van der Waals surface area (Å²) in [5.41, 5.74) is 1.04. The van der Waals surface area contributed by atoms with Crippen LogP contribution in [0.25, 0.3) is 0 Å². The van der Waals surface area contributed by atoms with E-state index in [1.807, 2.05) is 13.0 Å². The second kappa shape index (κ2) is 6.38. The van der Waals surface area contributed by atoms with Crippen LogP contribution in [0.4, 0.5) is 0 Å². The predicted molar refractivity (Wildman–Crippen MR) is 63.2 cm³/mol. The highest BCUT2D eigenvalue weighted by atomic mass is 35.5. The van der Waals surface area contributed by atoms with Gasteiger partial charge in [-0.3, -0.25) is 4.79 Å². The molecule has 1 N–H and O–H groups in total. The highest BCUT2D eigenvalue weighted by Crippen LogP contribution is 2.22. The van der Waals surface area contributed by atoms with Crippen LogP contribution in [0.3, 0.4) is 0 Å². The SMILES string of the molecule is CCc1cc(OCCCC(=O)O)ccc1Cl. The van der Waals surface area contributed by atoms with Gasteiger partial charge in [0, 0.05) is 11.4 Å². The van der Waals surface area contributed by atoms with Crippen LogP contribution in [0.1, 0.15) is 25.3 Å². The Morgan fingerprint density at radius 3 is 2.88 bits per heavy atom. The van der Waals surface area contributed by atoms with Gasteiger partial charge in [-0.25, -0.2) is 0 Å². The highest BCUT2D eigenvalue weighted by Gasteiger charge is 2.02. The van der Waals surface area contributed by atoms with Gasteiger partial charge in [0.2, 0.25) is 0 Å². The molecule has 3 nitrogen and oxygen atoms in total. The Balaban J connectivity index is 2.45. The number of carbonyl (C=O) groups is 1. The summed E-state index contributed by atoms with van der Waals surface area (Å²) in [7, 11) is 0. The van der Waals surface area contributed by atoms with Crippen LogP contribution in [0, 0.1) is 0 Å². The summed E-state index contributed by atoms with van der Waals surface area (Å²) in [5.74, 6) is -0.0550. The van der Waals surface area contributed by atoms with Crippen molar-refractivity contribution in [3.8, 4) is 5.75 Å². The standard InChI is InChI=1S/C12H15ClO3/c1-2-9-8-10(5-6-11(9)13)16-7-3-4-12(14)15/h5-6,8H,2-4,7H2,1H3,(H,14,15). The number of carboxylic acid groups (broad SMARTS) is 1. The lowest BCUT2D eigenvalue weighted by molar-refractivity contribution is -0.137. The van der Waals surface area contributed by atoms with E-state index in [0.717, 1.165) is 22.8 Å². The number of rotatable bonds is 6. The largest absolute Gasteiger partial charge is 0.494 e. The molecule has 0 aliphatic carbocycles. The molecule has 88 valence electrons. The van der Waals surface area contributed by atoms with Crippen LogP contribution in [0.15, 0.2) is 18.2 Å². The Bertz CT molecular complexity index is 363. The van der Waals surface area contributed by atoms with Gasteiger partial charge < -0.3 is 9.84 Å². The number of aryl methyl sites for hydroxylation is 1. The van der Waals surface area contributed by atoms with E-state index in [1.54, 1.807) is 12.1 Å². The number of hydrogen-bond donors (Lipinski definition) is 1. The van der Waals surface area contributed by atoms with E-state index in [-0.39, 0.29) is 6.42 Å². The number of ether oxygens (including phenoxy) is 1. The molecule has 0 aliphatic heterocycles. The smallest absolute Gasteiger partial charge is 0.303 e. The first kappa shape index (κ1) is 12.8. The Hall–Kier alpha value is -1.22. The summed E-state index contributed by atoms with van der Waals surface area (Å²) in [6.45, 7) is 2.44. The van der Waals surface area contributed by atoms with Gasteiger partial charge in [0.25, 0.3) is 0 Å². The maximum atomic E-state index is 10.3. The molecule has 1 rings (SSSR count). The van der Waals surface area contributed by atoms with E-state index in [4.69, 9.17) is 21.4 Å². The molecule has 0 aromatic heterocycles. The molecule has 0 aliphatic rings. The average molecular weight is 243 g/mol. The van der Waals surface area contributed by atoms with Crippen molar-refractivity contribution < 1.29 is 14.6 Å². The van der Waals surface area contributed by atoms with Gasteiger partial charge in [0.15, 0.2) is 0 Å². The van der Waals surface area contributed by atoms with E-state index >= 15 is 0 Å². The first-order valence-corrected chi connectivity index (χ1v) is 5.64. The molecule has 4 heteroatoms. The lowest BCUT2D eigenvalue weighted by Crippen LogP contribution is -2.02. The molecule has 1 aromatic rings. The molecule has 1 aromatic carbocycles. The number of aliphatic carboxylic acids is 1. The fraction of sp³-hybridized carbons (Fsp3) is 0.417. The second-order valence-corrected chi connectivity index (χ2v) is 3.86. The zero-order valence-electron chi connectivity index (χ0n) is 9.20. The van der Waals surface area contributed by atoms with Crippen molar-refractivity contribution in [3.63, 3.8) is 0 Å². The fourth-order valence-corrected chi connectivity index (χ4v) is 1.58. The average Bonchev–Trinajstić information content (AvgIpc) is 2.26. The summed E-state index contributed by atoms with van der Waals surface area (Å²) in [4.78, 5) is 10.3. The zero-order valence-corrected chi connectivity index (χ0v) is 9.96. The van der Waals surface area contributed by atoms with E-state index in [9.17, 15) is 4.79 Å². The van der Waals surface area contributed by atoms with Crippen LogP contribution in [-0.2, 0) is 11.2 Å². The molecule has 0 radical (unpaired) electrons. The molecular formula is C12H15ClO3. The van der Waals surface area contributed by atoms with E-state index < -0.39 is 5.97 Å². The van der Waals surface area contributed by atoms with E-state index in [2.05, 4.69) is 0 Å². The highest BCUT2D eigenvalue weighted by molar-refractivity contribution is 6.31. The monoisotopic (exact) mass is 242 g/mol. The molecule has 16 heavy (non-hydrogen) atoms. The topological polar surface area (TPSA) is 46.5 Å². The Morgan fingerprint density at radius 1 is 1.50 bits per heavy atom. The summed E-state index contributed by atoms with van der Waals surface area (Å²) >= 11 is 5.97. The maximum Gasteiger partial charge on any atom is 0.303 e. The van der Waals surface area contributed by atoms with Crippen LogP contribution >= 0.6 is 11.6 Å². The van der Waals surface area contributed by atoms with Crippen molar-refractivity contribution >= 4 is 17.6 Å². The number of hydrogen-bond acceptors (Lipinski definition) is 2. The first-order chi connectivity index (χ1) is 7.63. The van der Waals surface area contributed by atoms with Crippen molar-refractivity contribution in [2.75, 3.05) is 6.61 Å². The minimum absolute atomic E-state index is 0.133. The number of halogens is 1. The molecule has 0 heterocycles. The number of carboxylic acids is 1. The summed E-state index contributed by atoms with van der Waals surface area (Å²) < 4.78 is 5.43. The van der Waals surface area contributed by atoms with Gasteiger partial charge in [-0.1, -0.05) is 18.5 Å². The predicted octanol–water partition coefficient (Wildman–Crippen LogP) is 3.15. The summed E-state index contributed by atoms with van der Waals surface area (Å²) in [6.07, 6.45) is 1.50. The molecule has 0 amide bonds. The van der Waals surface area contributed by atoms with Crippen molar-refractivity contribution in [1.29, 1.82) is 0 Å². The van der Waals surface area contributed by atoms with Gasteiger partial charge in [-0.15, -0.1) is 0 Å². The second-order valence-electron chi connectivity index (χ2n) is 3.45. The van der Waals surface area contributed by atoms with E-state index in [0.29, 0.717) is 13.0 Å². The molecule has 0 saturated heterocycles. The Kier molecular flexibility index (Phi) is 5.12. The minimum Gasteiger partial charge on any atom is -0.494 e. The van der Waals surface area contributed by atoms with Gasteiger partial charge >= 0.3 is 5.97 Å². The molecule has 0 saturated carbocycles. The Labute approximate surface area is 100.0 Å². The van der Waals surface area contributed by atoms with Crippen LogP contribution in [0.5, 0.6) is 5.75 Å². The molecule has 0 spiro atoms. The summed E-state index contributed by atoms with van der Waals surface area (Å²) in [5, 5.41) is 9.19. The normalized spacial score (nSPS) is 10.1. The van der Waals surface area contributed by atoms with Crippen LogP contribution in [0.2, 0.25) is 5.02 Å². The van der Waals surface area contributed by atoms with Crippen molar-refractivity contribution in [2.24, 2.45) is 0 Å². The van der Waals surface area contributed by atoms with Crippen LogP contribution < -0.4 is 4.74 Å². The van der Waals surface area contributed by atoms with Gasteiger partial charge in [-0.2, -0.15) is 0 Å². The van der Waals surface area contributed by atoms with Gasteiger partial charge in [0.1, 0.15) is 5.75 Å². The van der Waals surface area contributed by atoms with Crippen molar-refractivity contribution in [3.05, 3.63) is 28.8 Å². The van der Waals surface area contributed by atoms with Gasteiger partial charge in [0.05, 0.1) is 6.61 Å². The molecule has 0 atom stereocenters. The van der Waals surface area contributed by atoms with Crippen molar-refractivity contribution in [2.45, 2.75) is 26.2 Å². The lowest BCUT2D eigenvalue weighted by Gasteiger charge is -2.07. The van der Waals surface area contributed by atoms with Crippen LogP contribution in [-0.4, -0.2) is 17.7 Å². The quantitative estimate of drug-likeness (QED) is 0.780. The van der Waals surface area contributed by atoms with Crippen molar-refractivity contribution in [1.82, 2.24) is 0 Å². The molecule has 0 unspecified atom stereocenters. The Morgan fingerprint density at radius 2 is 2.25 bits per heavy atom. The molecule has 0 fully saturated rings. The third-order valence-electron chi connectivity index (χ3n) is 2.20. The maximum absolute atomic E-state index is 10.3. The third-order valence-corrected chi connectivity index (χ3v) is 2.57. The zero-order chi connectivity index (χ0) is 12.0. The van der Waals surface area contributed by atoms with E-state index in [1.165, 1.54) is 0 Å². The molecular weight excluding hydrogens is 228 g/mol. The first-order valence-electron chi connectivity index (χ1n) is 5.26. The minimum atomic E-state index is -0.797. The number of benzene rings is 1. The fourth-order valence-electron chi connectivity index (χ4n) is 1.33. The van der Waals surface area contributed by atoms with Gasteiger partial charge in [-0.05, 0) is 36.6 Å². The molecule has 0 bridgehead atoms. The third kappa shape index (κ3) is 4.11. The lowest BCUT2D eigenvalue weighted by atomic mass is 10.1. The summed E-state index contributed by atoms with van der Waals surface area (Å²) in [6, 6.07) is 5.48.